The number of carbonyl (C=O) groups is 1. The van der Waals surface area contributed by atoms with Crippen LogP contribution in [0, 0.1) is 7.14 Å². The molecule has 1 N–H and O–H groups in total. The lowest BCUT2D eigenvalue weighted by atomic mass is 9.96. The van der Waals surface area contributed by atoms with Gasteiger partial charge in [-0.05, 0) is 94.9 Å². The smallest absolute Gasteiger partial charge is 0.338 e. The number of hydrogen-bond donors (Lipinski definition) is 1. The van der Waals surface area contributed by atoms with Crippen LogP contribution in [0.1, 0.15) is 31.0 Å². The first kappa shape index (κ1) is 24.9. The maximum absolute atomic E-state index is 13.6. The van der Waals surface area contributed by atoms with E-state index in [4.69, 9.17) is 9.47 Å². The van der Waals surface area contributed by atoms with Crippen molar-refractivity contribution in [2.75, 3.05) is 13.7 Å². The van der Waals surface area contributed by atoms with Gasteiger partial charge in [0.2, 0.25) is 0 Å². The SMILES string of the molecule is CCOC(=O)C1=C(C)N=c2s/c(=C/c3cc(I)cc(I)c3O)c(=O)n2[C@H]1c1ccc(OC)cc1. The molecular weight excluding hydrogens is 682 g/mol. The second-order valence-corrected chi connectivity index (χ2v) is 10.8. The predicted molar refractivity (Wildman–Crippen MR) is 147 cm³/mol. The van der Waals surface area contributed by atoms with Crippen molar-refractivity contribution >= 4 is 68.6 Å². The molecule has 1 aliphatic heterocycles. The molecule has 1 aliphatic rings. The number of carbonyl (C=O) groups excluding carboxylic acids is 1. The number of fused-ring (bicyclic) bond motifs is 1. The van der Waals surface area contributed by atoms with Crippen molar-refractivity contribution < 1.29 is 19.4 Å². The van der Waals surface area contributed by atoms with Crippen LogP contribution in [0.4, 0.5) is 0 Å². The third-order valence-electron chi connectivity index (χ3n) is 5.29. The molecule has 0 saturated carbocycles. The molecule has 0 unspecified atom stereocenters. The van der Waals surface area contributed by atoms with Gasteiger partial charge in [-0.25, -0.2) is 9.79 Å². The van der Waals surface area contributed by atoms with Crippen molar-refractivity contribution in [2.24, 2.45) is 4.99 Å². The number of benzene rings is 2. The third-order valence-corrected chi connectivity index (χ3v) is 7.72. The molecular formula is C24H20I2N2O5S. The Kier molecular flexibility index (Phi) is 7.48. The Hall–Kier alpha value is -2.19. The minimum absolute atomic E-state index is 0.113. The predicted octanol–water partition coefficient (Wildman–Crippen LogP) is 3.72. The highest BCUT2D eigenvalue weighted by Crippen LogP contribution is 2.32. The van der Waals surface area contributed by atoms with Crippen molar-refractivity contribution in [3.8, 4) is 11.5 Å². The minimum Gasteiger partial charge on any atom is -0.506 e. The number of thiazole rings is 1. The summed E-state index contributed by atoms with van der Waals surface area (Å²) in [6.07, 6.45) is 1.66. The molecule has 7 nitrogen and oxygen atoms in total. The number of esters is 1. The van der Waals surface area contributed by atoms with Gasteiger partial charge in [0.1, 0.15) is 11.5 Å². The van der Waals surface area contributed by atoms with E-state index < -0.39 is 12.0 Å². The quantitative estimate of drug-likeness (QED) is 0.324. The fraction of sp³-hybridized carbons (Fsp3) is 0.208. The van der Waals surface area contributed by atoms with E-state index in [1.165, 1.54) is 15.9 Å². The van der Waals surface area contributed by atoms with Gasteiger partial charge in [0.25, 0.3) is 5.56 Å². The number of ether oxygens (including phenoxy) is 2. The van der Waals surface area contributed by atoms with Gasteiger partial charge in [0.15, 0.2) is 4.80 Å². The molecule has 2 aromatic carbocycles. The van der Waals surface area contributed by atoms with E-state index in [1.807, 2.05) is 24.3 Å². The first-order chi connectivity index (χ1) is 16.2. The number of hydrogen-bond acceptors (Lipinski definition) is 7. The molecule has 1 atom stereocenters. The lowest BCUT2D eigenvalue weighted by Gasteiger charge is -2.24. The van der Waals surface area contributed by atoms with Gasteiger partial charge in [0, 0.05) is 9.13 Å². The standard InChI is InChI=1S/C24H20I2N2O5S/c1-4-33-23(31)19-12(2)27-24-28(20(19)13-5-7-16(32-3)8-6-13)22(30)18(34-24)10-14-9-15(25)11-17(26)21(14)29/h5-11,20,29H,4H2,1-3H3/b18-10+/t20-/m0/s1. The first-order valence-corrected chi connectivity index (χ1v) is 13.2. The van der Waals surface area contributed by atoms with Crippen LogP contribution < -0.4 is 19.6 Å². The Labute approximate surface area is 226 Å². The van der Waals surface area contributed by atoms with Crippen LogP contribution in [0.3, 0.4) is 0 Å². The van der Waals surface area contributed by atoms with Gasteiger partial charge >= 0.3 is 5.97 Å². The maximum atomic E-state index is 13.6. The zero-order chi connectivity index (χ0) is 24.6. The minimum atomic E-state index is -0.701. The fourth-order valence-electron chi connectivity index (χ4n) is 3.73. The second-order valence-electron chi connectivity index (χ2n) is 7.40. The van der Waals surface area contributed by atoms with Crippen molar-refractivity contribution in [3.63, 3.8) is 0 Å². The Morgan fingerprint density at radius 1 is 1.26 bits per heavy atom. The zero-order valence-electron chi connectivity index (χ0n) is 18.5. The van der Waals surface area contributed by atoms with E-state index in [1.54, 1.807) is 39.2 Å². The maximum Gasteiger partial charge on any atom is 0.338 e. The van der Waals surface area contributed by atoms with Gasteiger partial charge < -0.3 is 14.6 Å². The van der Waals surface area contributed by atoms with Crippen molar-refractivity contribution in [1.82, 2.24) is 4.57 Å². The number of rotatable bonds is 5. The van der Waals surface area contributed by atoms with Gasteiger partial charge in [-0.1, -0.05) is 23.5 Å². The van der Waals surface area contributed by atoms with E-state index in [0.717, 1.165) is 9.13 Å². The summed E-state index contributed by atoms with van der Waals surface area (Å²) in [6, 6.07) is 10.2. The van der Waals surface area contributed by atoms with Crippen LogP contribution in [-0.2, 0) is 9.53 Å². The summed E-state index contributed by atoms with van der Waals surface area (Å²) in [6.45, 7) is 3.69. The Balaban J connectivity index is 1.97. The van der Waals surface area contributed by atoms with Crippen LogP contribution in [0.5, 0.6) is 11.5 Å². The molecule has 176 valence electrons. The number of nitrogens with zero attached hydrogens (tertiary/aromatic N) is 2. The van der Waals surface area contributed by atoms with E-state index >= 15 is 0 Å². The summed E-state index contributed by atoms with van der Waals surface area (Å²) < 4.78 is 14.1. The van der Waals surface area contributed by atoms with Crippen molar-refractivity contribution in [3.05, 3.63) is 85.6 Å². The molecule has 0 fully saturated rings. The van der Waals surface area contributed by atoms with Gasteiger partial charge in [-0.3, -0.25) is 9.36 Å². The average molecular weight is 702 g/mol. The lowest BCUT2D eigenvalue weighted by Crippen LogP contribution is -2.39. The highest BCUT2D eigenvalue weighted by atomic mass is 127. The first-order valence-electron chi connectivity index (χ1n) is 10.3. The summed E-state index contributed by atoms with van der Waals surface area (Å²) in [5, 5.41) is 10.5. The summed E-state index contributed by atoms with van der Waals surface area (Å²) in [5.74, 6) is 0.268. The van der Waals surface area contributed by atoms with Crippen LogP contribution in [0.25, 0.3) is 6.08 Å². The largest absolute Gasteiger partial charge is 0.506 e. The van der Waals surface area contributed by atoms with E-state index in [2.05, 4.69) is 50.2 Å². The van der Waals surface area contributed by atoms with Crippen molar-refractivity contribution in [1.29, 1.82) is 0 Å². The number of phenols is 1. The van der Waals surface area contributed by atoms with E-state index in [0.29, 0.717) is 35.5 Å². The Morgan fingerprint density at radius 3 is 2.62 bits per heavy atom. The second kappa shape index (κ2) is 10.2. The molecule has 1 aromatic heterocycles. The van der Waals surface area contributed by atoms with Gasteiger partial charge in [0.05, 0.1) is 39.1 Å². The number of aromatic nitrogens is 1. The molecule has 0 saturated heterocycles. The topological polar surface area (TPSA) is 90.1 Å². The average Bonchev–Trinajstić information content (AvgIpc) is 3.10. The molecule has 0 amide bonds. The number of allylic oxidation sites excluding steroid dienone is 1. The molecule has 0 spiro atoms. The number of phenolic OH excluding ortho intramolecular Hbond substituents is 1. The highest BCUT2D eigenvalue weighted by Gasteiger charge is 2.33. The number of halogens is 2. The number of aromatic hydroxyl groups is 1. The van der Waals surface area contributed by atoms with Crippen LogP contribution in [0.2, 0.25) is 0 Å². The van der Waals surface area contributed by atoms with Crippen LogP contribution in [-0.4, -0.2) is 29.4 Å². The van der Waals surface area contributed by atoms with E-state index in [-0.39, 0.29) is 17.9 Å². The molecule has 0 bridgehead atoms. The molecule has 34 heavy (non-hydrogen) atoms. The Morgan fingerprint density at radius 2 is 1.97 bits per heavy atom. The van der Waals surface area contributed by atoms with Crippen LogP contribution in [0.15, 0.2) is 57.5 Å². The summed E-state index contributed by atoms with van der Waals surface area (Å²) >= 11 is 5.44. The third kappa shape index (κ3) is 4.67. The van der Waals surface area contributed by atoms with Crippen LogP contribution >= 0.6 is 56.5 Å². The molecule has 10 heteroatoms. The highest BCUT2D eigenvalue weighted by molar-refractivity contribution is 14.1. The molecule has 0 radical (unpaired) electrons. The fourth-order valence-corrected chi connectivity index (χ4v) is 6.66. The summed E-state index contributed by atoms with van der Waals surface area (Å²) in [4.78, 5) is 31.6. The molecule has 4 rings (SSSR count). The molecule has 2 heterocycles. The molecule has 0 aliphatic carbocycles. The lowest BCUT2D eigenvalue weighted by molar-refractivity contribution is -0.139. The Bertz CT molecular complexity index is 1490. The van der Waals surface area contributed by atoms with Crippen molar-refractivity contribution in [2.45, 2.75) is 19.9 Å². The number of methoxy groups -OCH3 is 1. The summed E-state index contributed by atoms with van der Waals surface area (Å²) in [7, 11) is 1.58. The monoisotopic (exact) mass is 702 g/mol. The normalized spacial score (nSPS) is 15.7. The van der Waals surface area contributed by atoms with Gasteiger partial charge in [-0.15, -0.1) is 0 Å². The summed E-state index contributed by atoms with van der Waals surface area (Å²) in [5.41, 5.74) is 1.80. The van der Waals surface area contributed by atoms with E-state index in [9.17, 15) is 14.7 Å². The van der Waals surface area contributed by atoms with Gasteiger partial charge in [-0.2, -0.15) is 0 Å². The zero-order valence-corrected chi connectivity index (χ0v) is 23.6. The molecule has 3 aromatic rings.